The van der Waals surface area contributed by atoms with Crippen LogP contribution in [0.2, 0.25) is 0 Å². The number of nitrogens with one attached hydrogen (secondary N) is 1. The molecule has 3 atom stereocenters. The van der Waals surface area contributed by atoms with Crippen molar-refractivity contribution < 1.29 is 4.55 Å². The molecule has 1 unspecified atom stereocenters. The summed E-state index contributed by atoms with van der Waals surface area (Å²) in [7, 11) is 0. The van der Waals surface area contributed by atoms with Crippen LogP contribution in [0.25, 0.3) is 0 Å². The van der Waals surface area contributed by atoms with Gasteiger partial charge >= 0.3 is 0 Å². The summed E-state index contributed by atoms with van der Waals surface area (Å²) in [6.07, 6.45) is 1.25. The Morgan fingerprint density at radius 2 is 1.86 bits per heavy atom. The molecule has 0 spiro atoms. The highest BCUT2D eigenvalue weighted by Gasteiger charge is 2.50. The minimum Gasteiger partial charge on any atom is -0.598 e. The molecule has 0 bridgehead atoms. The molecule has 1 aliphatic rings. The molecule has 0 aromatic carbocycles. The zero-order valence-electron chi connectivity index (χ0n) is 10.2. The highest BCUT2D eigenvalue weighted by atomic mass is 32.2. The molecule has 1 N–H and O–H groups in total. The minimum atomic E-state index is -0.931. The zero-order chi connectivity index (χ0) is 11.1. The summed E-state index contributed by atoms with van der Waals surface area (Å²) in [4.78, 5) is 0. The van der Waals surface area contributed by atoms with E-state index in [9.17, 15) is 4.55 Å². The van der Waals surface area contributed by atoms with E-state index in [1.807, 2.05) is 20.8 Å². The third-order valence-corrected chi connectivity index (χ3v) is 4.74. The largest absolute Gasteiger partial charge is 0.598 e. The van der Waals surface area contributed by atoms with Crippen LogP contribution in [0.1, 0.15) is 48.0 Å². The van der Waals surface area contributed by atoms with E-state index in [-0.39, 0.29) is 4.75 Å². The third kappa shape index (κ3) is 2.88. The Morgan fingerprint density at radius 1 is 1.43 bits per heavy atom. The summed E-state index contributed by atoms with van der Waals surface area (Å²) < 4.78 is 14.9. The second kappa shape index (κ2) is 3.69. The molecule has 2 nitrogen and oxygen atoms in total. The molecule has 14 heavy (non-hydrogen) atoms. The SMILES string of the molecule is C[C@@H](N[S+]([O-])C(C)(C)C)[C@@H]1CC1(C)C. The number of rotatable bonds is 3. The molecule has 84 valence electrons. The van der Waals surface area contributed by atoms with Gasteiger partial charge in [-0.1, -0.05) is 13.8 Å². The molecule has 1 rings (SSSR count). The lowest BCUT2D eigenvalue weighted by Gasteiger charge is -2.27. The molecule has 1 saturated carbocycles. The van der Waals surface area contributed by atoms with Crippen LogP contribution in [0.5, 0.6) is 0 Å². The van der Waals surface area contributed by atoms with Crippen LogP contribution < -0.4 is 4.72 Å². The van der Waals surface area contributed by atoms with Crippen LogP contribution in [0.4, 0.5) is 0 Å². The molecule has 0 saturated heterocycles. The van der Waals surface area contributed by atoms with E-state index >= 15 is 0 Å². The maximum Gasteiger partial charge on any atom is 0.136 e. The first kappa shape index (κ1) is 12.3. The van der Waals surface area contributed by atoms with Crippen molar-refractivity contribution in [1.82, 2.24) is 4.72 Å². The van der Waals surface area contributed by atoms with E-state index in [4.69, 9.17) is 0 Å². The van der Waals surface area contributed by atoms with Crippen molar-refractivity contribution in [2.45, 2.75) is 58.8 Å². The van der Waals surface area contributed by atoms with Gasteiger partial charge in [0.1, 0.15) is 4.75 Å². The molecule has 0 aliphatic heterocycles. The topological polar surface area (TPSA) is 35.1 Å². The van der Waals surface area contributed by atoms with Gasteiger partial charge in [-0.3, -0.25) is 0 Å². The average Bonchev–Trinajstić information content (AvgIpc) is 2.57. The summed E-state index contributed by atoms with van der Waals surface area (Å²) in [6.45, 7) is 12.7. The van der Waals surface area contributed by atoms with Crippen LogP contribution in [0, 0.1) is 11.3 Å². The normalized spacial score (nSPS) is 29.8. The molecule has 0 aromatic heterocycles. The summed E-state index contributed by atoms with van der Waals surface area (Å²) >= 11 is -0.931. The fraction of sp³-hybridized carbons (Fsp3) is 1.00. The first-order valence-electron chi connectivity index (χ1n) is 5.32. The van der Waals surface area contributed by atoms with Gasteiger partial charge in [-0.25, -0.2) is 0 Å². The molecule has 0 amide bonds. The molecule has 1 fully saturated rings. The van der Waals surface area contributed by atoms with Gasteiger partial charge in [-0.05, 0) is 45.4 Å². The molecule has 1 aliphatic carbocycles. The monoisotopic (exact) mass is 217 g/mol. The van der Waals surface area contributed by atoms with E-state index in [1.165, 1.54) is 6.42 Å². The number of hydrogen-bond donors (Lipinski definition) is 1. The summed E-state index contributed by atoms with van der Waals surface area (Å²) in [5, 5.41) is 0. The highest BCUT2D eigenvalue weighted by molar-refractivity contribution is 7.90. The average molecular weight is 217 g/mol. The molecule has 0 radical (unpaired) electrons. The van der Waals surface area contributed by atoms with Crippen molar-refractivity contribution in [3.63, 3.8) is 0 Å². The fourth-order valence-corrected chi connectivity index (χ4v) is 2.64. The Morgan fingerprint density at radius 3 is 2.14 bits per heavy atom. The van der Waals surface area contributed by atoms with Crippen molar-refractivity contribution in [1.29, 1.82) is 0 Å². The number of hydrogen-bond acceptors (Lipinski definition) is 2. The quantitative estimate of drug-likeness (QED) is 0.737. The van der Waals surface area contributed by atoms with Crippen molar-refractivity contribution in [2.24, 2.45) is 11.3 Å². The van der Waals surface area contributed by atoms with Gasteiger partial charge in [0.2, 0.25) is 0 Å². The first-order valence-corrected chi connectivity index (χ1v) is 6.47. The van der Waals surface area contributed by atoms with Gasteiger partial charge in [-0.2, -0.15) is 0 Å². The van der Waals surface area contributed by atoms with E-state index < -0.39 is 11.4 Å². The second-order valence-corrected chi connectivity index (χ2v) is 8.08. The van der Waals surface area contributed by atoms with Crippen LogP contribution in [-0.4, -0.2) is 15.3 Å². The Labute approximate surface area is 91.2 Å². The standard InChI is InChI=1S/C11H23NOS/c1-8(9-7-11(9,5)6)12-14(13)10(2,3)4/h8-9,12H,7H2,1-6H3/t8-,9+,14?/m1/s1. The van der Waals surface area contributed by atoms with E-state index in [1.54, 1.807) is 0 Å². The summed E-state index contributed by atoms with van der Waals surface area (Å²) in [6, 6.07) is 0.366. The zero-order valence-corrected chi connectivity index (χ0v) is 11.0. The van der Waals surface area contributed by atoms with Gasteiger partial charge in [-0.15, -0.1) is 4.72 Å². The fourth-order valence-electron chi connectivity index (χ4n) is 1.79. The minimum absolute atomic E-state index is 0.159. The lowest BCUT2D eigenvalue weighted by molar-refractivity contribution is 0.459. The van der Waals surface area contributed by atoms with Crippen LogP contribution in [-0.2, 0) is 11.4 Å². The van der Waals surface area contributed by atoms with Crippen LogP contribution >= 0.6 is 0 Å². The Kier molecular flexibility index (Phi) is 3.25. The smallest absolute Gasteiger partial charge is 0.136 e. The maximum absolute atomic E-state index is 11.8. The van der Waals surface area contributed by atoms with E-state index in [0.29, 0.717) is 17.4 Å². The maximum atomic E-state index is 11.8. The first-order chi connectivity index (χ1) is 6.14. The van der Waals surface area contributed by atoms with Crippen molar-refractivity contribution in [3.8, 4) is 0 Å². The van der Waals surface area contributed by atoms with Crippen molar-refractivity contribution in [2.75, 3.05) is 0 Å². The molecular formula is C11H23NOS. The van der Waals surface area contributed by atoms with Gasteiger partial charge < -0.3 is 4.55 Å². The Bertz CT molecular complexity index is 210. The lowest BCUT2D eigenvalue weighted by Crippen LogP contribution is -2.44. The predicted molar refractivity (Wildman–Crippen MR) is 62.4 cm³/mol. The molecule has 0 aromatic rings. The van der Waals surface area contributed by atoms with Gasteiger partial charge in [0.15, 0.2) is 0 Å². The van der Waals surface area contributed by atoms with E-state index in [2.05, 4.69) is 25.5 Å². The van der Waals surface area contributed by atoms with Crippen LogP contribution in [0.15, 0.2) is 0 Å². The van der Waals surface area contributed by atoms with Gasteiger partial charge in [0.05, 0.1) is 6.04 Å². The molecular weight excluding hydrogens is 194 g/mol. The molecule has 0 heterocycles. The third-order valence-electron chi connectivity index (χ3n) is 3.04. The van der Waals surface area contributed by atoms with Gasteiger partial charge in [0, 0.05) is 11.4 Å². The Hall–Kier alpha value is 0.270. The lowest BCUT2D eigenvalue weighted by atomic mass is 10.1. The van der Waals surface area contributed by atoms with Crippen molar-refractivity contribution >= 4 is 11.4 Å². The van der Waals surface area contributed by atoms with Gasteiger partial charge in [0.25, 0.3) is 0 Å². The predicted octanol–water partition coefficient (Wildman–Crippen LogP) is 2.47. The second-order valence-electron chi connectivity index (χ2n) is 6.09. The van der Waals surface area contributed by atoms with E-state index in [0.717, 1.165) is 0 Å². The van der Waals surface area contributed by atoms with Crippen LogP contribution in [0.3, 0.4) is 0 Å². The summed E-state index contributed by atoms with van der Waals surface area (Å²) in [5.41, 5.74) is 0.453. The Balaban J connectivity index is 2.39. The molecule has 3 heteroatoms. The highest BCUT2D eigenvalue weighted by Crippen LogP contribution is 2.53. The van der Waals surface area contributed by atoms with Crippen molar-refractivity contribution in [3.05, 3.63) is 0 Å². The summed E-state index contributed by atoms with van der Waals surface area (Å²) in [5.74, 6) is 0.689.